The van der Waals surface area contributed by atoms with Crippen LogP contribution in [0.25, 0.3) is 44.1 Å². The molecule has 0 bridgehead atoms. The smallest absolute Gasteiger partial charge is 0.418 e. The van der Waals surface area contributed by atoms with Gasteiger partial charge in [-0.25, -0.2) is 0 Å². The maximum absolute atomic E-state index is 9.75. The molecule has 0 atom stereocenters. The van der Waals surface area contributed by atoms with E-state index in [2.05, 4.69) is 96.0 Å². The number of fused-ring (bicyclic) bond motifs is 11. The number of benzene rings is 3. The van der Waals surface area contributed by atoms with E-state index < -0.39 is 14.5 Å². The number of rotatable bonds is 0. The quantitative estimate of drug-likeness (QED) is 0.0979. The molecule has 2 aromatic heterocycles. The molecule has 0 amide bonds. The third kappa shape index (κ3) is 5.98. The lowest BCUT2D eigenvalue weighted by Gasteiger charge is -2.27. The molecule has 5 aromatic rings. The van der Waals surface area contributed by atoms with Crippen LogP contribution < -0.4 is 9.13 Å². The summed E-state index contributed by atoms with van der Waals surface area (Å²) in [7, 11) is -12.0. The van der Waals surface area contributed by atoms with Gasteiger partial charge in [-0.05, 0) is 59.0 Å². The summed E-state index contributed by atoms with van der Waals surface area (Å²) < 4.78 is 83.0. The second kappa shape index (κ2) is 11.0. The Morgan fingerprint density at radius 3 is 1.21 bits per heavy atom. The fourth-order valence-electron chi connectivity index (χ4n) is 6.19. The average Bonchev–Trinajstić information content (AvgIpc) is 2.92. The Morgan fingerprint density at radius 2 is 0.857 bits per heavy atom. The molecule has 12 heteroatoms. The maximum atomic E-state index is 9.75. The van der Waals surface area contributed by atoms with Crippen molar-refractivity contribution in [1.82, 2.24) is 0 Å². The highest BCUT2D eigenvalue weighted by atomic mass is 19.5. The fourth-order valence-corrected chi connectivity index (χ4v) is 6.19. The van der Waals surface area contributed by atoms with Crippen LogP contribution >= 0.6 is 0 Å². The number of aromatic nitrogens is 2. The Kier molecular flexibility index (Phi) is 7.76. The van der Waals surface area contributed by atoms with Crippen LogP contribution in [0.2, 0.25) is 0 Å². The van der Waals surface area contributed by atoms with Gasteiger partial charge in [0.1, 0.15) is 0 Å². The van der Waals surface area contributed by atoms with Crippen molar-refractivity contribution in [1.29, 1.82) is 0 Å². The van der Waals surface area contributed by atoms with Crippen LogP contribution in [-0.2, 0) is 25.9 Å². The van der Waals surface area contributed by atoms with Crippen LogP contribution in [0.15, 0.2) is 73.1 Å². The average molecular weight is 588 g/mol. The minimum absolute atomic E-state index is 1.04. The highest BCUT2D eigenvalue weighted by molar-refractivity contribution is 6.50. The van der Waals surface area contributed by atoms with Crippen molar-refractivity contribution in [3.8, 4) is 22.5 Å². The molecular weight excluding hydrogens is 562 g/mol. The summed E-state index contributed by atoms with van der Waals surface area (Å²) in [5.74, 6) is 0. The Balaban J connectivity index is 0.000000308. The fraction of sp³-hybridized carbons (Fsp3) is 0.200. The molecule has 0 radical (unpaired) electrons. The van der Waals surface area contributed by atoms with Crippen LogP contribution in [-0.4, -0.2) is 14.5 Å². The minimum Gasteiger partial charge on any atom is -0.418 e. The largest absolute Gasteiger partial charge is 0.673 e. The number of hydrogen-bond acceptors (Lipinski definition) is 0. The molecule has 2 nitrogen and oxygen atoms in total. The van der Waals surface area contributed by atoms with Crippen LogP contribution in [0.3, 0.4) is 0 Å². The van der Waals surface area contributed by atoms with Crippen LogP contribution in [0.1, 0.15) is 22.3 Å². The summed E-state index contributed by atoms with van der Waals surface area (Å²) in [6, 6.07) is 22.3. The molecule has 3 aromatic carbocycles. The van der Waals surface area contributed by atoms with E-state index in [1.165, 1.54) is 55.2 Å². The molecule has 0 spiro atoms. The van der Waals surface area contributed by atoms with Gasteiger partial charge >= 0.3 is 14.5 Å². The van der Waals surface area contributed by atoms with Crippen molar-refractivity contribution >= 4 is 36.1 Å². The zero-order valence-electron chi connectivity index (χ0n) is 22.8. The van der Waals surface area contributed by atoms with Crippen LogP contribution in [0.5, 0.6) is 0 Å². The molecule has 0 saturated carbocycles. The number of hydrogen-bond donors (Lipinski definition) is 0. The first-order valence-electron chi connectivity index (χ1n) is 13.4. The molecule has 2 aliphatic rings. The zero-order chi connectivity index (χ0) is 30.4. The normalized spacial score (nSPS) is 13.6. The Morgan fingerprint density at radius 1 is 0.524 bits per heavy atom. The summed E-state index contributed by atoms with van der Waals surface area (Å²) >= 11 is 0. The lowest BCUT2D eigenvalue weighted by atomic mass is 9.78. The Hall–Kier alpha value is -3.95. The number of halogens is 8. The lowest BCUT2D eigenvalue weighted by molar-refractivity contribution is -0.688. The van der Waals surface area contributed by atoms with Gasteiger partial charge in [-0.15, -0.1) is 0 Å². The van der Waals surface area contributed by atoms with Gasteiger partial charge in [-0.3, -0.25) is 0 Å². The summed E-state index contributed by atoms with van der Waals surface area (Å²) in [6.07, 6.45) is 6.77. The summed E-state index contributed by atoms with van der Waals surface area (Å²) in [4.78, 5) is 0. The molecule has 218 valence electrons. The van der Waals surface area contributed by atoms with Gasteiger partial charge in [0, 0.05) is 25.0 Å². The molecule has 0 fully saturated rings. The van der Waals surface area contributed by atoms with E-state index in [1.54, 1.807) is 11.1 Å². The van der Waals surface area contributed by atoms with Gasteiger partial charge < -0.3 is 34.5 Å². The van der Waals surface area contributed by atoms with E-state index in [9.17, 15) is 34.5 Å². The van der Waals surface area contributed by atoms with Crippen molar-refractivity contribution in [3.63, 3.8) is 0 Å². The summed E-state index contributed by atoms with van der Waals surface area (Å²) in [5.41, 5.74) is 11.8. The monoisotopic (exact) mass is 588 g/mol. The molecule has 0 unspecified atom stereocenters. The molecule has 7 rings (SSSR count). The van der Waals surface area contributed by atoms with Crippen LogP contribution in [0.4, 0.5) is 34.5 Å². The number of pyridine rings is 2. The van der Waals surface area contributed by atoms with Crippen molar-refractivity contribution in [2.45, 2.75) is 39.8 Å². The second-order valence-corrected chi connectivity index (χ2v) is 10.3. The molecule has 2 aliphatic heterocycles. The van der Waals surface area contributed by atoms with Gasteiger partial charge in [0.25, 0.3) is 0 Å². The summed E-state index contributed by atoms with van der Waals surface area (Å²) in [5, 5.41) is 5.36. The van der Waals surface area contributed by atoms with Gasteiger partial charge in [0.15, 0.2) is 25.5 Å². The summed E-state index contributed by atoms with van der Waals surface area (Å²) in [6.45, 7) is 6.78. The Bertz CT molecular complexity index is 1670. The number of nitrogens with zero attached hydrogens (tertiary/aromatic N) is 2. The third-order valence-corrected chi connectivity index (χ3v) is 7.87. The van der Waals surface area contributed by atoms with Crippen LogP contribution in [0, 0.1) is 13.8 Å². The maximum Gasteiger partial charge on any atom is 0.673 e. The first-order chi connectivity index (χ1) is 19.7. The van der Waals surface area contributed by atoms with Gasteiger partial charge in [-0.2, -0.15) is 9.13 Å². The van der Waals surface area contributed by atoms with Crippen molar-refractivity contribution < 1.29 is 43.7 Å². The van der Waals surface area contributed by atoms with E-state index in [0.717, 1.165) is 25.9 Å². The van der Waals surface area contributed by atoms with Gasteiger partial charge in [0.2, 0.25) is 11.4 Å². The first kappa shape index (κ1) is 29.5. The predicted octanol–water partition coefficient (Wildman–Crippen LogP) is 8.23. The lowest BCUT2D eigenvalue weighted by Crippen LogP contribution is -2.43. The molecule has 0 N–H and O–H groups in total. The van der Waals surface area contributed by atoms with Gasteiger partial charge in [0.05, 0.1) is 21.9 Å². The topological polar surface area (TPSA) is 7.76 Å². The van der Waals surface area contributed by atoms with Crippen molar-refractivity contribution in [3.05, 3.63) is 95.3 Å². The molecule has 4 heterocycles. The molecular formula is C30H26B2F8N2. The predicted molar refractivity (Wildman–Crippen MR) is 150 cm³/mol. The number of aryl methyl sites for hydroxylation is 2. The standard InChI is InChI=1S/C30H26N2.2BF4/c1-19-20(2)24-14-18-32-16-12-22-8-4-6-10-26(22)30(32)28(24)27-23(19)13-17-31-15-11-21-7-3-5-9-25(21)29(27)31;2*2-1(3,4)5/h3-12,15-16H,13-14,17-18H2,1-2H3;;/q+2;2*-1. The van der Waals surface area contributed by atoms with E-state index in [-0.39, 0.29) is 0 Å². The molecule has 0 aliphatic carbocycles. The third-order valence-electron chi connectivity index (χ3n) is 7.87. The van der Waals surface area contributed by atoms with Crippen molar-refractivity contribution in [2.24, 2.45) is 0 Å². The first-order valence-corrected chi connectivity index (χ1v) is 13.4. The Labute approximate surface area is 237 Å². The SMILES string of the molecule is Cc1c(C)c2c(c3c1CC[n+]1ccc4ccccc4c1-3)-c1c3ccccc3cc[n+]1CC2.F[B-](F)(F)F.F[B-](F)(F)F. The van der Waals surface area contributed by atoms with E-state index in [1.807, 2.05) is 0 Å². The highest BCUT2D eigenvalue weighted by Gasteiger charge is 2.38. The van der Waals surface area contributed by atoms with Crippen molar-refractivity contribution in [2.75, 3.05) is 0 Å². The molecule has 42 heavy (non-hydrogen) atoms. The van der Waals surface area contributed by atoms with Gasteiger partial charge in [-0.1, -0.05) is 36.4 Å². The van der Waals surface area contributed by atoms with E-state index in [0.29, 0.717) is 0 Å². The second-order valence-electron chi connectivity index (χ2n) is 10.3. The highest BCUT2D eigenvalue weighted by Crippen LogP contribution is 2.46. The van der Waals surface area contributed by atoms with E-state index >= 15 is 0 Å². The minimum atomic E-state index is -6.00. The molecule has 0 saturated heterocycles. The zero-order valence-corrected chi connectivity index (χ0v) is 22.8. The van der Waals surface area contributed by atoms with E-state index in [4.69, 9.17) is 0 Å².